The van der Waals surface area contributed by atoms with Crippen molar-refractivity contribution in [2.24, 2.45) is 11.7 Å². The van der Waals surface area contributed by atoms with Gasteiger partial charge in [-0.15, -0.1) is 11.8 Å². The van der Waals surface area contributed by atoms with E-state index in [0.717, 1.165) is 30.5 Å². The van der Waals surface area contributed by atoms with Crippen LogP contribution in [0.4, 0.5) is 10.5 Å². The molecule has 0 unspecified atom stereocenters. The molecule has 0 aromatic heterocycles. The SMILES string of the molecule is CC[C@H](C)Sc1ccc(NC(=O)N2CCC[C@H](C(N)=O)C2)c(C)c1. The molecule has 132 valence electrons. The number of primary amides is 1. The van der Waals surface area contributed by atoms with Gasteiger partial charge in [0.25, 0.3) is 0 Å². The first-order chi connectivity index (χ1) is 11.4. The second-order valence-corrected chi connectivity index (χ2v) is 7.94. The molecule has 24 heavy (non-hydrogen) atoms. The maximum absolute atomic E-state index is 12.5. The number of likely N-dealkylation sites (tertiary alicyclic amines) is 1. The Labute approximate surface area is 148 Å². The summed E-state index contributed by atoms with van der Waals surface area (Å²) < 4.78 is 0. The van der Waals surface area contributed by atoms with Gasteiger partial charge in [0.15, 0.2) is 0 Å². The van der Waals surface area contributed by atoms with Gasteiger partial charge in [-0.2, -0.15) is 0 Å². The molecule has 0 bridgehead atoms. The third kappa shape index (κ3) is 4.90. The van der Waals surface area contributed by atoms with E-state index >= 15 is 0 Å². The van der Waals surface area contributed by atoms with Gasteiger partial charge in [0.05, 0.1) is 5.92 Å². The number of rotatable bonds is 5. The minimum Gasteiger partial charge on any atom is -0.369 e. The van der Waals surface area contributed by atoms with Crippen molar-refractivity contribution in [1.82, 2.24) is 4.90 Å². The summed E-state index contributed by atoms with van der Waals surface area (Å²) in [6, 6.07) is 5.94. The number of hydrogen-bond acceptors (Lipinski definition) is 3. The number of nitrogens with one attached hydrogen (secondary N) is 1. The van der Waals surface area contributed by atoms with Gasteiger partial charge in [-0.3, -0.25) is 4.79 Å². The van der Waals surface area contributed by atoms with Crippen molar-refractivity contribution in [2.75, 3.05) is 18.4 Å². The standard InChI is InChI=1S/C18H27N3O2S/c1-4-13(3)24-15-7-8-16(12(2)10-15)20-18(23)21-9-5-6-14(11-21)17(19)22/h7-8,10,13-14H,4-6,9,11H2,1-3H3,(H2,19,22)(H,20,23)/t13-,14-/m0/s1. The molecular formula is C18H27N3O2S. The van der Waals surface area contributed by atoms with Crippen molar-refractivity contribution >= 4 is 29.4 Å². The summed E-state index contributed by atoms with van der Waals surface area (Å²) in [7, 11) is 0. The van der Waals surface area contributed by atoms with Crippen LogP contribution >= 0.6 is 11.8 Å². The number of aryl methyl sites for hydroxylation is 1. The maximum Gasteiger partial charge on any atom is 0.321 e. The zero-order valence-corrected chi connectivity index (χ0v) is 15.5. The lowest BCUT2D eigenvalue weighted by atomic mass is 9.98. The molecule has 0 saturated carbocycles. The Morgan fingerprint density at radius 3 is 2.83 bits per heavy atom. The van der Waals surface area contributed by atoms with Crippen LogP contribution in [0.3, 0.4) is 0 Å². The quantitative estimate of drug-likeness (QED) is 0.797. The van der Waals surface area contributed by atoms with Crippen molar-refractivity contribution in [3.63, 3.8) is 0 Å². The number of amides is 3. The molecule has 1 aliphatic rings. The lowest BCUT2D eigenvalue weighted by molar-refractivity contribution is -0.123. The van der Waals surface area contributed by atoms with Gasteiger partial charge in [-0.05, 0) is 49.9 Å². The van der Waals surface area contributed by atoms with Crippen molar-refractivity contribution in [3.05, 3.63) is 23.8 Å². The summed E-state index contributed by atoms with van der Waals surface area (Å²) in [5, 5.41) is 3.53. The molecule has 3 N–H and O–H groups in total. The van der Waals surface area contributed by atoms with E-state index in [4.69, 9.17) is 5.73 Å². The maximum atomic E-state index is 12.5. The van der Waals surface area contributed by atoms with Crippen molar-refractivity contribution in [2.45, 2.75) is 50.2 Å². The van der Waals surface area contributed by atoms with Gasteiger partial charge >= 0.3 is 6.03 Å². The average Bonchev–Trinajstić information content (AvgIpc) is 2.57. The van der Waals surface area contributed by atoms with Gasteiger partial charge in [-0.25, -0.2) is 4.79 Å². The largest absolute Gasteiger partial charge is 0.369 e. The monoisotopic (exact) mass is 349 g/mol. The number of piperidine rings is 1. The van der Waals surface area contributed by atoms with Crippen LogP contribution in [-0.4, -0.2) is 35.2 Å². The van der Waals surface area contributed by atoms with E-state index in [1.807, 2.05) is 30.8 Å². The summed E-state index contributed by atoms with van der Waals surface area (Å²) >= 11 is 1.84. The number of urea groups is 1. The van der Waals surface area contributed by atoms with Crippen LogP contribution in [0.2, 0.25) is 0 Å². The van der Waals surface area contributed by atoms with Crippen LogP contribution in [0.15, 0.2) is 23.1 Å². The molecule has 2 rings (SSSR count). The topological polar surface area (TPSA) is 75.4 Å². The fourth-order valence-corrected chi connectivity index (χ4v) is 3.78. The number of nitrogens with two attached hydrogens (primary N) is 1. The Kier molecular flexibility index (Phi) is 6.54. The first-order valence-corrected chi connectivity index (χ1v) is 9.41. The lowest BCUT2D eigenvalue weighted by Crippen LogP contribution is -2.45. The zero-order chi connectivity index (χ0) is 17.7. The highest BCUT2D eigenvalue weighted by Gasteiger charge is 2.27. The Morgan fingerprint density at radius 2 is 2.21 bits per heavy atom. The molecule has 1 fully saturated rings. The molecule has 1 heterocycles. The molecule has 3 amide bonds. The number of carbonyl (C=O) groups is 2. The number of benzene rings is 1. The second kappa shape index (κ2) is 8.42. The molecule has 5 nitrogen and oxygen atoms in total. The lowest BCUT2D eigenvalue weighted by Gasteiger charge is -2.31. The first-order valence-electron chi connectivity index (χ1n) is 8.53. The molecule has 0 aliphatic carbocycles. The van der Waals surface area contributed by atoms with Gasteiger partial charge < -0.3 is 16.0 Å². The van der Waals surface area contributed by atoms with Crippen LogP contribution in [0.25, 0.3) is 0 Å². The molecule has 1 aliphatic heterocycles. The van der Waals surface area contributed by atoms with E-state index in [2.05, 4.69) is 25.2 Å². The Morgan fingerprint density at radius 1 is 1.46 bits per heavy atom. The molecule has 0 radical (unpaired) electrons. The van der Waals surface area contributed by atoms with E-state index in [-0.39, 0.29) is 17.9 Å². The highest BCUT2D eigenvalue weighted by Crippen LogP contribution is 2.28. The minimum absolute atomic E-state index is 0.161. The van der Waals surface area contributed by atoms with Crippen LogP contribution < -0.4 is 11.1 Å². The fourth-order valence-electron chi connectivity index (χ4n) is 2.75. The predicted molar refractivity (Wildman–Crippen MR) is 99.3 cm³/mol. The van der Waals surface area contributed by atoms with E-state index in [9.17, 15) is 9.59 Å². The van der Waals surface area contributed by atoms with Crippen molar-refractivity contribution < 1.29 is 9.59 Å². The molecule has 2 atom stereocenters. The second-order valence-electron chi connectivity index (χ2n) is 6.43. The molecular weight excluding hydrogens is 322 g/mol. The number of nitrogens with zero attached hydrogens (tertiary/aromatic N) is 1. The fraction of sp³-hybridized carbons (Fsp3) is 0.556. The zero-order valence-electron chi connectivity index (χ0n) is 14.7. The minimum atomic E-state index is -0.324. The molecule has 1 aromatic rings. The van der Waals surface area contributed by atoms with Gasteiger partial charge in [0.1, 0.15) is 0 Å². The summed E-state index contributed by atoms with van der Waals surface area (Å²) in [5.74, 6) is -0.560. The Hall–Kier alpha value is -1.69. The smallest absolute Gasteiger partial charge is 0.321 e. The number of anilines is 1. The normalized spacial score (nSPS) is 19.0. The third-order valence-electron chi connectivity index (χ3n) is 4.46. The highest BCUT2D eigenvalue weighted by molar-refractivity contribution is 7.99. The van der Waals surface area contributed by atoms with Gasteiger partial charge in [-0.1, -0.05) is 13.8 Å². The molecule has 6 heteroatoms. The van der Waals surface area contributed by atoms with E-state index in [0.29, 0.717) is 18.3 Å². The number of thioether (sulfide) groups is 1. The summed E-state index contributed by atoms with van der Waals surface area (Å²) in [6.45, 7) is 7.45. The van der Waals surface area contributed by atoms with Crippen LogP contribution in [0, 0.1) is 12.8 Å². The molecule has 1 saturated heterocycles. The molecule has 1 aromatic carbocycles. The number of carbonyl (C=O) groups excluding carboxylic acids is 2. The van der Waals surface area contributed by atoms with Crippen molar-refractivity contribution in [1.29, 1.82) is 0 Å². The summed E-state index contributed by atoms with van der Waals surface area (Å²) in [4.78, 5) is 26.7. The van der Waals surface area contributed by atoms with E-state index in [1.165, 1.54) is 4.90 Å². The van der Waals surface area contributed by atoms with E-state index in [1.54, 1.807) is 4.90 Å². The van der Waals surface area contributed by atoms with E-state index < -0.39 is 0 Å². The van der Waals surface area contributed by atoms with Crippen LogP contribution in [0.1, 0.15) is 38.7 Å². The van der Waals surface area contributed by atoms with Crippen LogP contribution in [0.5, 0.6) is 0 Å². The summed E-state index contributed by atoms with van der Waals surface area (Å²) in [5.41, 5.74) is 7.23. The molecule has 0 spiro atoms. The highest BCUT2D eigenvalue weighted by atomic mass is 32.2. The summed E-state index contributed by atoms with van der Waals surface area (Å²) in [6.07, 6.45) is 2.70. The predicted octanol–water partition coefficient (Wildman–Crippen LogP) is 3.61. The Bertz CT molecular complexity index is 606. The third-order valence-corrected chi connectivity index (χ3v) is 5.72. The number of hydrogen-bond donors (Lipinski definition) is 2. The van der Waals surface area contributed by atoms with Crippen molar-refractivity contribution in [3.8, 4) is 0 Å². The average molecular weight is 350 g/mol. The van der Waals surface area contributed by atoms with Crippen LogP contribution in [-0.2, 0) is 4.79 Å². The van der Waals surface area contributed by atoms with Gasteiger partial charge in [0, 0.05) is 28.9 Å². The van der Waals surface area contributed by atoms with Gasteiger partial charge in [0.2, 0.25) is 5.91 Å². The Balaban J connectivity index is 1.99. The first kappa shape index (κ1) is 18.6.